The van der Waals surface area contributed by atoms with Gasteiger partial charge >= 0.3 is 0 Å². The fourth-order valence-corrected chi connectivity index (χ4v) is 4.51. The van der Waals surface area contributed by atoms with E-state index in [2.05, 4.69) is 64.0 Å². The Kier molecular flexibility index (Phi) is 6.27. The van der Waals surface area contributed by atoms with Gasteiger partial charge in [-0.15, -0.1) is 0 Å². The zero-order valence-electron chi connectivity index (χ0n) is 19.2. The third kappa shape index (κ3) is 5.06. The van der Waals surface area contributed by atoms with Crippen molar-refractivity contribution in [3.63, 3.8) is 0 Å². The number of rotatable bonds is 6. The van der Waals surface area contributed by atoms with Gasteiger partial charge < -0.3 is 20.1 Å². The smallest absolute Gasteiger partial charge is 0.225 e. The molecule has 8 heteroatoms. The largest absolute Gasteiger partial charge is 0.356 e. The molecule has 0 aromatic carbocycles. The fraction of sp³-hybridized carbons (Fsp3) is 0.652. The Bertz CT molecular complexity index is 922. The van der Waals surface area contributed by atoms with Gasteiger partial charge in [-0.25, -0.2) is 15.0 Å². The minimum absolute atomic E-state index is 0.0374. The third-order valence-corrected chi connectivity index (χ3v) is 6.17. The van der Waals surface area contributed by atoms with Gasteiger partial charge in [-0.2, -0.15) is 0 Å². The van der Waals surface area contributed by atoms with Crippen LogP contribution in [0.2, 0.25) is 0 Å². The van der Waals surface area contributed by atoms with E-state index < -0.39 is 0 Å². The predicted octanol–water partition coefficient (Wildman–Crippen LogP) is 2.89. The van der Waals surface area contributed by atoms with Gasteiger partial charge in [0.1, 0.15) is 23.8 Å². The minimum Gasteiger partial charge on any atom is -0.356 e. The normalized spacial score (nSPS) is 17.5. The standard InChI is InChI=1S/C23H35N7O/c1-5-17-14-30(13-10-26-23(2,3)4)21(27-17)16-8-11-29(12-9-16)22-18-6-7-19(31)28-20(18)24-15-25-22/h14-16,26H,5-13H2,1-4H3,(H,24,25,28,31). The van der Waals surface area contributed by atoms with Crippen molar-refractivity contribution in [2.24, 2.45) is 0 Å². The first kappa shape index (κ1) is 21.7. The van der Waals surface area contributed by atoms with Crippen LogP contribution in [-0.4, -0.2) is 50.6 Å². The SMILES string of the molecule is CCc1cn(CCNC(C)(C)C)c(C2CCN(c3ncnc4c3CCC(=O)N4)CC2)n1. The average Bonchev–Trinajstić information content (AvgIpc) is 3.15. The Morgan fingerprint density at radius 3 is 2.68 bits per heavy atom. The van der Waals surface area contributed by atoms with E-state index in [1.807, 2.05) is 0 Å². The Hall–Kier alpha value is -2.48. The highest BCUT2D eigenvalue weighted by molar-refractivity contribution is 5.93. The second-order valence-corrected chi connectivity index (χ2v) is 9.65. The molecular formula is C23H35N7O. The number of carbonyl (C=O) groups excluding carboxylic acids is 1. The molecule has 2 N–H and O–H groups in total. The summed E-state index contributed by atoms with van der Waals surface area (Å²) in [5.74, 6) is 3.39. The summed E-state index contributed by atoms with van der Waals surface area (Å²) in [6, 6.07) is 0. The molecule has 0 radical (unpaired) electrons. The van der Waals surface area contributed by atoms with Crippen LogP contribution in [0.3, 0.4) is 0 Å². The molecule has 0 aliphatic carbocycles. The first-order valence-electron chi connectivity index (χ1n) is 11.5. The highest BCUT2D eigenvalue weighted by Crippen LogP contribution is 2.33. The van der Waals surface area contributed by atoms with Crippen molar-refractivity contribution in [3.8, 4) is 0 Å². The van der Waals surface area contributed by atoms with Crippen LogP contribution >= 0.6 is 0 Å². The van der Waals surface area contributed by atoms with E-state index >= 15 is 0 Å². The average molecular weight is 426 g/mol. The first-order chi connectivity index (χ1) is 14.8. The van der Waals surface area contributed by atoms with E-state index in [-0.39, 0.29) is 11.4 Å². The molecule has 0 saturated carbocycles. The number of aromatic nitrogens is 4. The Morgan fingerprint density at radius 2 is 1.97 bits per heavy atom. The van der Waals surface area contributed by atoms with Crippen molar-refractivity contribution < 1.29 is 4.79 Å². The first-order valence-corrected chi connectivity index (χ1v) is 11.5. The minimum atomic E-state index is 0.0374. The quantitative estimate of drug-likeness (QED) is 0.740. The van der Waals surface area contributed by atoms with E-state index in [9.17, 15) is 4.79 Å². The predicted molar refractivity (Wildman–Crippen MR) is 123 cm³/mol. The van der Waals surface area contributed by atoms with Crippen LogP contribution in [0.15, 0.2) is 12.5 Å². The summed E-state index contributed by atoms with van der Waals surface area (Å²) in [7, 11) is 0. The van der Waals surface area contributed by atoms with E-state index in [1.165, 1.54) is 11.5 Å². The lowest BCUT2D eigenvalue weighted by atomic mass is 9.95. The number of amides is 1. The van der Waals surface area contributed by atoms with Crippen LogP contribution < -0.4 is 15.5 Å². The van der Waals surface area contributed by atoms with Crippen molar-refractivity contribution in [1.29, 1.82) is 0 Å². The molecule has 2 aromatic heterocycles. The maximum absolute atomic E-state index is 11.7. The Morgan fingerprint density at radius 1 is 1.19 bits per heavy atom. The zero-order valence-corrected chi connectivity index (χ0v) is 19.2. The summed E-state index contributed by atoms with van der Waals surface area (Å²) in [4.78, 5) is 27.9. The van der Waals surface area contributed by atoms with Crippen LogP contribution in [0.25, 0.3) is 0 Å². The number of nitrogens with one attached hydrogen (secondary N) is 2. The van der Waals surface area contributed by atoms with Crippen LogP contribution in [-0.2, 0) is 24.2 Å². The van der Waals surface area contributed by atoms with E-state index in [0.717, 1.165) is 56.8 Å². The lowest BCUT2D eigenvalue weighted by Gasteiger charge is -2.34. The lowest BCUT2D eigenvalue weighted by Crippen LogP contribution is -2.38. The summed E-state index contributed by atoms with van der Waals surface area (Å²) < 4.78 is 2.36. The maximum Gasteiger partial charge on any atom is 0.225 e. The lowest BCUT2D eigenvalue weighted by molar-refractivity contribution is -0.116. The van der Waals surface area contributed by atoms with Crippen LogP contribution in [0.1, 0.15) is 70.0 Å². The highest BCUT2D eigenvalue weighted by Gasteiger charge is 2.28. The van der Waals surface area contributed by atoms with Crippen molar-refractivity contribution in [2.45, 2.75) is 77.8 Å². The van der Waals surface area contributed by atoms with Gasteiger partial charge in [0.05, 0.1) is 5.69 Å². The van der Waals surface area contributed by atoms with Gasteiger partial charge in [0, 0.05) is 55.8 Å². The molecule has 4 heterocycles. The molecule has 8 nitrogen and oxygen atoms in total. The van der Waals surface area contributed by atoms with Gasteiger partial charge in [-0.3, -0.25) is 4.79 Å². The Balaban J connectivity index is 1.44. The number of aryl methyl sites for hydroxylation is 1. The molecule has 1 amide bonds. The zero-order chi connectivity index (χ0) is 22.0. The van der Waals surface area contributed by atoms with Crippen molar-refractivity contribution in [2.75, 3.05) is 29.9 Å². The monoisotopic (exact) mass is 425 g/mol. The van der Waals surface area contributed by atoms with Gasteiger partial charge in [0.15, 0.2) is 0 Å². The maximum atomic E-state index is 11.7. The summed E-state index contributed by atoms with van der Waals surface area (Å²) in [6.45, 7) is 12.5. The molecule has 0 atom stereocenters. The third-order valence-electron chi connectivity index (χ3n) is 6.17. The number of nitrogens with zero attached hydrogens (tertiary/aromatic N) is 5. The van der Waals surface area contributed by atoms with E-state index in [1.54, 1.807) is 6.33 Å². The second-order valence-electron chi connectivity index (χ2n) is 9.65. The molecular weight excluding hydrogens is 390 g/mol. The van der Waals surface area contributed by atoms with E-state index in [0.29, 0.717) is 24.6 Å². The van der Waals surface area contributed by atoms with Crippen LogP contribution in [0.4, 0.5) is 11.6 Å². The number of anilines is 2. The number of hydrogen-bond donors (Lipinski definition) is 2. The molecule has 2 aromatic rings. The van der Waals surface area contributed by atoms with Gasteiger partial charge in [-0.1, -0.05) is 6.92 Å². The fourth-order valence-electron chi connectivity index (χ4n) is 4.51. The molecule has 1 saturated heterocycles. The Labute approximate surface area is 184 Å². The number of fused-ring (bicyclic) bond motifs is 1. The molecule has 0 unspecified atom stereocenters. The van der Waals surface area contributed by atoms with Gasteiger partial charge in [-0.05, 0) is 46.5 Å². The number of carbonyl (C=O) groups is 1. The molecule has 31 heavy (non-hydrogen) atoms. The molecule has 168 valence electrons. The summed E-state index contributed by atoms with van der Waals surface area (Å²) in [5.41, 5.74) is 2.37. The van der Waals surface area contributed by atoms with Crippen LogP contribution in [0.5, 0.6) is 0 Å². The van der Waals surface area contributed by atoms with Crippen molar-refractivity contribution in [3.05, 3.63) is 29.6 Å². The summed E-state index contributed by atoms with van der Waals surface area (Å²) in [5, 5.41) is 6.47. The topological polar surface area (TPSA) is 88.0 Å². The molecule has 1 fully saturated rings. The van der Waals surface area contributed by atoms with Crippen LogP contribution in [0, 0.1) is 0 Å². The van der Waals surface area contributed by atoms with Gasteiger partial charge in [0.25, 0.3) is 0 Å². The molecule has 4 rings (SSSR count). The molecule has 0 spiro atoms. The molecule has 2 aliphatic rings. The van der Waals surface area contributed by atoms with Crippen molar-refractivity contribution >= 4 is 17.5 Å². The van der Waals surface area contributed by atoms with Gasteiger partial charge in [0.2, 0.25) is 5.91 Å². The molecule has 2 aliphatic heterocycles. The van der Waals surface area contributed by atoms with E-state index in [4.69, 9.17) is 4.98 Å². The highest BCUT2D eigenvalue weighted by atomic mass is 16.1. The molecule has 0 bridgehead atoms. The van der Waals surface area contributed by atoms with Crippen molar-refractivity contribution in [1.82, 2.24) is 24.8 Å². The summed E-state index contributed by atoms with van der Waals surface area (Å²) >= 11 is 0. The number of piperidine rings is 1. The second kappa shape index (κ2) is 8.94. The number of imidazole rings is 1. The summed E-state index contributed by atoms with van der Waals surface area (Å²) in [6.07, 6.45) is 8.08. The number of hydrogen-bond acceptors (Lipinski definition) is 6.